The highest BCUT2D eigenvalue weighted by atomic mass is 19.4. The van der Waals surface area contributed by atoms with Crippen molar-refractivity contribution in [2.24, 2.45) is 0 Å². The fraction of sp³-hybridized carbons (Fsp3) is 0.900. The minimum absolute atomic E-state index is 0.211. The SMILES string of the molecule is CCC(O)(CC)C(=O)CCCC(F)(F)F. The van der Waals surface area contributed by atoms with E-state index < -0.39 is 24.0 Å². The van der Waals surface area contributed by atoms with Crippen molar-refractivity contribution in [3.8, 4) is 0 Å². The maximum atomic E-state index is 11.8. The monoisotopic (exact) mass is 226 g/mol. The van der Waals surface area contributed by atoms with E-state index in [4.69, 9.17) is 0 Å². The number of halogens is 3. The van der Waals surface area contributed by atoms with E-state index >= 15 is 0 Å². The lowest BCUT2D eigenvalue weighted by atomic mass is 9.89. The standard InChI is InChI=1S/C10H17F3O2/c1-3-9(15,4-2)8(14)6-5-7-10(11,12)13/h15H,3-7H2,1-2H3. The van der Waals surface area contributed by atoms with Crippen LogP contribution in [-0.4, -0.2) is 22.7 Å². The van der Waals surface area contributed by atoms with E-state index in [0.717, 1.165) is 0 Å². The zero-order valence-electron chi connectivity index (χ0n) is 9.02. The summed E-state index contributed by atoms with van der Waals surface area (Å²) in [6.07, 6.45) is -5.16. The van der Waals surface area contributed by atoms with Crippen molar-refractivity contribution in [3.63, 3.8) is 0 Å². The lowest BCUT2D eigenvalue weighted by Crippen LogP contribution is -2.37. The lowest BCUT2D eigenvalue weighted by molar-refractivity contribution is -0.143. The minimum atomic E-state index is -4.23. The number of rotatable bonds is 6. The van der Waals surface area contributed by atoms with Crippen molar-refractivity contribution in [2.45, 2.75) is 57.7 Å². The number of ketones is 1. The first-order chi connectivity index (χ1) is 6.75. The van der Waals surface area contributed by atoms with E-state index in [1.807, 2.05) is 0 Å². The van der Waals surface area contributed by atoms with Crippen LogP contribution < -0.4 is 0 Å². The predicted octanol–water partition coefficient (Wildman–Crippen LogP) is 2.84. The zero-order valence-corrected chi connectivity index (χ0v) is 9.02. The van der Waals surface area contributed by atoms with Gasteiger partial charge in [-0.15, -0.1) is 0 Å². The molecule has 0 fully saturated rings. The van der Waals surface area contributed by atoms with Gasteiger partial charge in [0.2, 0.25) is 0 Å². The molecule has 0 aliphatic carbocycles. The van der Waals surface area contributed by atoms with Crippen LogP contribution in [0.2, 0.25) is 0 Å². The number of carbonyl (C=O) groups is 1. The Morgan fingerprint density at radius 2 is 1.67 bits per heavy atom. The molecular weight excluding hydrogens is 209 g/mol. The first-order valence-electron chi connectivity index (χ1n) is 5.07. The third kappa shape index (κ3) is 5.16. The second-order valence-corrected chi connectivity index (χ2v) is 3.63. The molecule has 0 rings (SSSR count). The number of Topliss-reactive ketones (excluding diaryl/α,β-unsaturated/α-hetero) is 1. The fourth-order valence-electron chi connectivity index (χ4n) is 1.33. The van der Waals surface area contributed by atoms with Crippen LogP contribution >= 0.6 is 0 Å². The fourth-order valence-corrected chi connectivity index (χ4v) is 1.33. The van der Waals surface area contributed by atoms with Crippen LogP contribution in [0.4, 0.5) is 13.2 Å². The van der Waals surface area contributed by atoms with Gasteiger partial charge in [0.15, 0.2) is 5.78 Å². The van der Waals surface area contributed by atoms with Gasteiger partial charge >= 0.3 is 6.18 Å². The third-order valence-corrected chi connectivity index (χ3v) is 2.55. The van der Waals surface area contributed by atoms with Crippen LogP contribution in [0.25, 0.3) is 0 Å². The number of aliphatic hydroxyl groups is 1. The summed E-state index contributed by atoms with van der Waals surface area (Å²) in [4.78, 5) is 11.4. The molecule has 2 nitrogen and oxygen atoms in total. The third-order valence-electron chi connectivity index (χ3n) is 2.55. The van der Waals surface area contributed by atoms with Gasteiger partial charge in [0, 0.05) is 12.8 Å². The Labute approximate surface area is 87.5 Å². The average molecular weight is 226 g/mol. The summed E-state index contributed by atoms with van der Waals surface area (Å²) in [5.41, 5.74) is -1.44. The molecule has 0 aliphatic rings. The van der Waals surface area contributed by atoms with Gasteiger partial charge < -0.3 is 5.11 Å². The second kappa shape index (κ2) is 5.49. The van der Waals surface area contributed by atoms with Gasteiger partial charge in [0.1, 0.15) is 5.60 Å². The second-order valence-electron chi connectivity index (χ2n) is 3.63. The Morgan fingerprint density at radius 3 is 2.00 bits per heavy atom. The van der Waals surface area contributed by atoms with E-state index in [0.29, 0.717) is 0 Å². The number of alkyl halides is 3. The van der Waals surface area contributed by atoms with Crippen LogP contribution in [0.3, 0.4) is 0 Å². The average Bonchev–Trinajstić information content (AvgIpc) is 2.14. The molecular formula is C10H17F3O2. The molecule has 0 spiro atoms. The summed E-state index contributed by atoms with van der Waals surface area (Å²) in [7, 11) is 0. The van der Waals surface area contributed by atoms with Gasteiger partial charge in [-0.25, -0.2) is 0 Å². The van der Waals surface area contributed by atoms with Crippen LogP contribution in [0, 0.1) is 0 Å². The van der Waals surface area contributed by atoms with Crippen molar-refractivity contribution in [2.75, 3.05) is 0 Å². The lowest BCUT2D eigenvalue weighted by Gasteiger charge is -2.23. The van der Waals surface area contributed by atoms with Crippen molar-refractivity contribution >= 4 is 5.78 Å². The highest BCUT2D eigenvalue weighted by Gasteiger charge is 2.32. The molecule has 0 aromatic carbocycles. The molecule has 0 aromatic heterocycles. The number of carbonyl (C=O) groups excluding carboxylic acids is 1. The van der Waals surface area contributed by atoms with Crippen LogP contribution in [0.15, 0.2) is 0 Å². The van der Waals surface area contributed by atoms with Crippen LogP contribution in [-0.2, 0) is 4.79 Å². The highest BCUT2D eigenvalue weighted by Crippen LogP contribution is 2.24. The maximum absolute atomic E-state index is 11.8. The van der Waals surface area contributed by atoms with Crippen molar-refractivity contribution in [1.29, 1.82) is 0 Å². The maximum Gasteiger partial charge on any atom is 0.389 e. The molecule has 0 saturated heterocycles. The normalized spacial score (nSPS) is 12.9. The number of hydrogen-bond acceptors (Lipinski definition) is 2. The summed E-state index contributed by atoms with van der Waals surface area (Å²) in [6.45, 7) is 3.29. The van der Waals surface area contributed by atoms with Gasteiger partial charge in [0.05, 0.1) is 0 Å². The molecule has 0 radical (unpaired) electrons. The molecule has 5 heteroatoms. The van der Waals surface area contributed by atoms with E-state index in [9.17, 15) is 23.1 Å². The van der Waals surface area contributed by atoms with Crippen molar-refractivity contribution < 1.29 is 23.1 Å². The zero-order chi connectivity index (χ0) is 12.1. The summed E-state index contributed by atoms with van der Waals surface area (Å²) >= 11 is 0. The molecule has 0 bridgehead atoms. The molecule has 0 unspecified atom stereocenters. The van der Waals surface area contributed by atoms with Crippen LogP contribution in [0.5, 0.6) is 0 Å². The summed E-state index contributed by atoms with van der Waals surface area (Å²) in [5, 5.41) is 9.70. The Balaban J connectivity index is 4.04. The van der Waals surface area contributed by atoms with Gasteiger partial charge in [-0.05, 0) is 19.3 Å². The van der Waals surface area contributed by atoms with E-state index in [2.05, 4.69) is 0 Å². The predicted molar refractivity (Wildman–Crippen MR) is 50.4 cm³/mol. The quantitative estimate of drug-likeness (QED) is 0.756. The molecule has 0 aliphatic heterocycles. The highest BCUT2D eigenvalue weighted by molar-refractivity contribution is 5.86. The first-order valence-corrected chi connectivity index (χ1v) is 5.07. The van der Waals surface area contributed by atoms with E-state index in [-0.39, 0.29) is 25.7 Å². The molecule has 90 valence electrons. The molecule has 0 aromatic rings. The van der Waals surface area contributed by atoms with Crippen molar-refractivity contribution in [3.05, 3.63) is 0 Å². The summed E-state index contributed by atoms with van der Waals surface area (Å²) in [6, 6.07) is 0. The van der Waals surface area contributed by atoms with E-state index in [1.54, 1.807) is 13.8 Å². The minimum Gasteiger partial charge on any atom is -0.382 e. The first kappa shape index (κ1) is 14.4. The summed E-state index contributed by atoms with van der Waals surface area (Å²) in [5.74, 6) is -0.489. The topological polar surface area (TPSA) is 37.3 Å². The molecule has 0 atom stereocenters. The Morgan fingerprint density at radius 1 is 1.20 bits per heavy atom. The molecule has 0 saturated carbocycles. The van der Waals surface area contributed by atoms with Gasteiger partial charge in [-0.1, -0.05) is 13.8 Å². The van der Waals surface area contributed by atoms with Gasteiger partial charge in [-0.2, -0.15) is 13.2 Å². The van der Waals surface area contributed by atoms with E-state index in [1.165, 1.54) is 0 Å². The molecule has 0 amide bonds. The molecule has 15 heavy (non-hydrogen) atoms. The van der Waals surface area contributed by atoms with Gasteiger partial charge in [0.25, 0.3) is 0 Å². The molecule has 1 N–H and O–H groups in total. The Bertz CT molecular complexity index is 207. The molecule has 0 heterocycles. The smallest absolute Gasteiger partial charge is 0.382 e. The van der Waals surface area contributed by atoms with Crippen LogP contribution in [0.1, 0.15) is 46.0 Å². The Hall–Kier alpha value is -0.580. The van der Waals surface area contributed by atoms with Crippen molar-refractivity contribution in [1.82, 2.24) is 0 Å². The summed E-state index contributed by atoms with van der Waals surface area (Å²) < 4.78 is 35.4. The van der Waals surface area contributed by atoms with Gasteiger partial charge in [-0.3, -0.25) is 4.79 Å². The largest absolute Gasteiger partial charge is 0.389 e. The Kier molecular flexibility index (Phi) is 5.28. The number of hydrogen-bond donors (Lipinski definition) is 1.